The minimum absolute atomic E-state index is 0. The van der Waals surface area contributed by atoms with Gasteiger partial charge in [-0.2, -0.15) is 0 Å². The van der Waals surface area contributed by atoms with Crippen molar-refractivity contribution in [3.63, 3.8) is 0 Å². The largest absolute Gasteiger partial charge is 0.449 e. The van der Waals surface area contributed by atoms with Crippen molar-refractivity contribution >= 4 is 40.9 Å². The Hall–Kier alpha value is -1.23. The second-order valence-corrected chi connectivity index (χ2v) is 4.12. The van der Waals surface area contributed by atoms with E-state index in [0.29, 0.717) is 29.5 Å². The van der Waals surface area contributed by atoms with Gasteiger partial charge in [-0.25, -0.2) is 0 Å². The number of carbonyl (C=O) groups is 1. The summed E-state index contributed by atoms with van der Waals surface area (Å²) >= 11 is 6.01. The van der Waals surface area contributed by atoms with E-state index in [1.54, 1.807) is 6.07 Å². The van der Waals surface area contributed by atoms with E-state index in [9.17, 15) is 4.79 Å². The molecule has 0 spiro atoms. The van der Waals surface area contributed by atoms with E-state index in [2.05, 4.69) is 5.32 Å². The number of hydrogen-bond acceptors (Lipinski definition) is 3. The first kappa shape index (κ1) is 14.8. The van der Waals surface area contributed by atoms with E-state index >= 15 is 0 Å². The van der Waals surface area contributed by atoms with Crippen LogP contribution in [0.25, 0.3) is 11.0 Å². The predicted molar refractivity (Wildman–Crippen MR) is 74.6 cm³/mol. The van der Waals surface area contributed by atoms with Crippen molar-refractivity contribution < 1.29 is 9.21 Å². The normalized spacial score (nSPS) is 10.2. The number of amides is 1. The van der Waals surface area contributed by atoms with Crippen molar-refractivity contribution in [1.29, 1.82) is 0 Å². The van der Waals surface area contributed by atoms with Gasteiger partial charge in [0.1, 0.15) is 0 Å². The fourth-order valence-corrected chi connectivity index (χ4v) is 1.90. The Morgan fingerprint density at radius 1 is 1.50 bits per heavy atom. The van der Waals surface area contributed by atoms with Crippen molar-refractivity contribution in [1.82, 2.24) is 5.32 Å². The smallest absolute Gasteiger partial charge is 0.287 e. The Kier molecular flexibility index (Phi) is 5.02. The molecule has 2 rings (SSSR count). The number of nitrogens with two attached hydrogens (primary N) is 1. The molecule has 3 N–H and O–H groups in total. The number of nitrogens with one attached hydrogen (secondary N) is 1. The molecule has 98 valence electrons. The lowest BCUT2D eigenvalue weighted by atomic mass is 10.1. The van der Waals surface area contributed by atoms with Crippen LogP contribution in [0.2, 0.25) is 5.02 Å². The maximum atomic E-state index is 11.8. The summed E-state index contributed by atoms with van der Waals surface area (Å²) in [6, 6.07) is 5.43. The number of para-hydroxylation sites is 1. The molecule has 0 bridgehead atoms. The van der Waals surface area contributed by atoms with Gasteiger partial charge in [-0.1, -0.05) is 23.7 Å². The van der Waals surface area contributed by atoms with Crippen molar-refractivity contribution in [2.75, 3.05) is 13.1 Å². The highest BCUT2D eigenvalue weighted by Gasteiger charge is 2.18. The van der Waals surface area contributed by atoms with Crippen LogP contribution >= 0.6 is 24.0 Å². The maximum Gasteiger partial charge on any atom is 0.287 e. The highest BCUT2D eigenvalue weighted by Crippen LogP contribution is 2.30. The fourth-order valence-electron chi connectivity index (χ4n) is 1.69. The predicted octanol–water partition coefficient (Wildman–Crippen LogP) is 2.50. The van der Waals surface area contributed by atoms with Crippen LogP contribution in [0.1, 0.15) is 16.1 Å². The highest BCUT2D eigenvalue weighted by atomic mass is 35.5. The first-order valence-electron chi connectivity index (χ1n) is 5.31. The minimum atomic E-state index is -0.264. The fraction of sp³-hybridized carbons (Fsp3) is 0.250. The Morgan fingerprint density at radius 2 is 2.22 bits per heavy atom. The molecule has 1 heterocycles. The molecule has 0 atom stereocenters. The summed E-state index contributed by atoms with van der Waals surface area (Å²) in [6.07, 6.45) is 0. The molecule has 0 radical (unpaired) electrons. The third-order valence-corrected chi connectivity index (χ3v) is 2.85. The Morgan fingerprint density at radius 3 is 2.83 bits per heavy atom. The van der Waals surface area contributed by atoms with Crippen LogP contribution in [0.5, 0.6) is 0 Å². The van der Waals surface area contributed by atoms with Crippen LogP contribution in [-0.4, -0.2) is 19.0 Å². The van der Waals surface area contributed by atoms with Crippen LogP contribution in [0, 0.1) is 6.92 Å². The zero-order valence-corrected chi connectivity index (χ0v) is 11.4. The number of halogens is 2. The summed E-state index contributed by atoms with van der Waals surface area (Å²) in [5.41, 5.74) is 6.66. The van der Waals surface area contributed by atoms with E-state index in [4.69, 9.17) is 21.8 Å². The van der Waals surface area contributed by atoms with Gasteiger partial charge in [-0.05, 0) is 13.0 Å². The molecule has 0 fully saturated rings. The molecule has 1 aromatic carbocycles. The molecule has 6 heteroatoms. The van der Waals surface area contributed by atoms with Gasteiger partial charge in [0.2, 0.25) is 0 Å². The Labute approximate surface area is 116 Å². The molecule has 0 saturated carbocycles. The number of rotatable bonds is 3. The summed E-state index contributed by atoms with van der Waals surface area (Å²) in [6.45, 7) is 2.65. The van der Waals surface area contributed by atoms with E-state index < -0.39 is 0 Å². The van der Waals surface area contributed by atoms with Gasteiger partial charge in [0.25, 0.3) is 5.91 Å². The highest BCUT2D eigenvalue weighted by molar-refractivity contribution is 6.35. The van der Waals surface area contributed by atoms with Gasteiger partial charge >= 0.3 is 0 Å². The van der Waals surface area contributed by atoms with Crippen molar-refractivity contribution in [2.24, 2.45) is 5.73 Å². The average molecular weight is 289 g/mol. The summed E-state index contributed by atoms with van der Waals surface area (Å²) in [4.78, 5) is 11.8. The van der Waals surface area contributed by atoms with Crippen LogP contribution in [0.15, 0.2) is 22.6 Å². The molecule has 0 aliphatic heterocycles. The van der Waals surface area contributed by atoms with E-state index in [1.807, 2.05) is 19.1 Å². The Bertz CT molecular complexity index is 566. The standard InChI is InChI=1S/C12H13ClN2O2.ClH/c1-7-8-3-2-4-9(13)11(8)17-10(7)12(16)15-6-5-14;/h2-4H,5-6,14H2,1H3,(H,15,16);1H. The molecule has 0 aliphatic rings. The molecule has 0 saturated heterocycles. The number of aryl methyl sites for hydroxylation is 1. The summed E-state index contributed by atoms with van der Waals surface area (Å²) in [7, 11) is 0. The number of carbonyl (C=O) groups excluding carboxylic acids is 1. The lowest BCUT2D eigenvalue weighted by Gasteiger charge is -2.00. The second kappa shape index (κ2) is 6.09. The van der Waals surface area contributed by atoms with Crippen molar-refractivity contribution in [2.45, 2.75) is 6.92 Å². The molecular formula is C12H14Cl2N2O2. The second-order valence-electron chi connectivity index (χ2n) is 3.72. The van der Waals surface area contributed by atoms with E-state index in [-0.39, 0.29) is 18.3 Å². The van der Waals surface area contributed by atoms with Crippen LogP contribution < -0.4 is 11.1 Å². The van der Waals surface area contributed by atoms with Crippen LogP contribution in [0.4, 0.5) is 0 Å². The molecule has 4 nitrogen and oxygen atoms in total. The number of benzene rings is 1. The van der Waals surface area contributed by atoms with Gasteiger partial charge in [-0.15, -0.1) is 12.4 Å². The molecule has 18 heavy (non-hydrogen) atoms. The van der Waals surface area contributed by atoms with Gasteiger partial charge in [0, 0.05) is 24.0 Å². The first-order valence-corrected chi connectivity index (χ1v) is 5.69. The van der Waals surface area contributed by atoms with Crippen molar-refractivity contribution in [3.05, 3.63) is 34.5 Å². The summed E-state index contributed by atoms with van der Waals surface area (Å²) < 4.78 is 5.50. The van der Waals surface area contributed by atoms with Crippen LogP contribution in [-0.2, 0) is 0 Å². The van der Waals surface area contributed by atoms with Gasteiger partial charge < -0.3 is 15.5 Å². The van der Waals surface area contributed by atoms with Crippen molar-refractivity contribution in [3.8, 4) is 0 Å². The molecular weight excluding hydrogens is 275 g/mol. The number of fused-ring (bicyclic) bond motifs is 1. The number of furan rings is 1. The van der Waals surface area contributed by atoms with E-state index in [0.717, 1.165) is 10.9 Å². The summed E-state index contributed by atoms with van der Waals surface area (Å²) in [5.74, 6) is 0.0294. The molecule has 2 aromatic rings. The zero-order chi connectivity index (χ0) is 12.4. The molecule has 0 unspecified atom stereocenters. The van der Waals surface area contributed by atoms with Crippen LogP contribution in [0.3, 0.4) is 0 Å². The third-order valence-electron chi connectivity index (χ3n) is 2.55. The molecule has 0 aliphatic carbocycles. The Balaban J connectivity index is 0.00000162. The zero-order valence-electron chi connectivity index (χ0n) is 9.83. The molecule has 1 amide bonds. The average Bonchev–Trinajstić information content (AvgIpc) is 2.66. The third kappa shape index (κ3) is 2.61. The maximum absolute atomic E-state index is 11.8. The quantitative estimate of drug-likeness (QED) is 0.912. The first-order chi connectivity index (χ1) is 8.15. The molecule has 1 aromatic heterocycles. The number of hydrogen-bond donors (Lipinski definition) is 2. The lowest BCUT2D eigenvalue weighted by Crippen LogP contribution is -2.29. The topological polar surface area (TPSA) is 68.3 Å². The van der Waals surface area contributed by atoms with Gasteiger partial charge in [0.15, 0.2) is 11.3 Å². The SMILES string of the molecule is Cc1c(C(=O)NCCN)oc2c(Cl)cccc12.Cl. The lowest BCUT2D eigenvalue weighted by molar-refractivity contribution is 0.0928. The van der Waals surface area contributed by atoms with Gasteiger partial charge in [0.05, 0.1) is 5.02 Å². The van der Waals surface area contributed by atoms with E-state index in [1.165, 1.54) is 0 Å². The monoisotopic (exact) mass is 288 g/mol. The minimum Gasteiger partial charge on any atom is -0.449 e. The van der Waals surface area contributed by atoms with Gasteiger partial charge in [-0.3, -0.25) is 4.79 Å². The summed E-state index contributed by atoms with van der Waals surface area (Å²) in [5, 5.41) is 4.03.